The summed E-state index contributed by atoms with van der Waals surface area (Å²) in [5.74, 6) is -0.131. The molecule has 9 heavy (non-hydrogen) atoms. The topological polar surface area (TPSA) is 29.1 Å². The lowest BCUT2D eigenvalue weighted by Gasteiger charge is -1.94. The Hall–Kier alpha value is -1.05. The van der Waals surface area contributed by atoms with E-state index in [4.69, 9.17) is 0 Å². The molecule has 0 aliphatic heterocycles. The standard InChI is InChI=1S/C7H11NO/c1-4-5-8-7(9)6(2)3/h4-5H,2H2,1,3H3,(H,8,9)/b5-4+. The average molecular weight is 125 g/mol. The zero-order valence-corrected chi connectivity index (χ0v) is 5.77. The molecule has 0 aromatic carbocycles. The van der Waals surface area contributed by atoms with E-state index in [-0.39, 0.29) is 5.91 Å². The molecule has 0 aliphatic carbocycles. The Balaban J connectivity index is 3.65. The van der Waals surface area contributed by atoms with Gasteiger partial charge in [-0.25, -0.2) is 0 Å². The van der Waals surface area contributed by atoms with Crippen molar-refractivity contribution >= 4 is 5.91 Å². The second kappa shape index (κ2) is 3.89. The molecule has 0 aromatic heterocycles. The largest absolute Gasteiger partial charge is 0.329 e. The molecule has 2 heteroatoms. The van der Waals surface area contributed by atoms with Gasteiger partial charge in [0.1, 0.15) is 0 Å². The van der Waals surface area contributed by atoms with E-state index in [1.54, 1.807) is 19.2 Å². The van der Waals surface area contributed by atoms with Gasteiger partial charge in [0.25, 0.3) is 0 Å². The Labute approximate surface area is 55.3 Å². The van der Waals surface area contributed by atoms with E-state index in [9.17, 15) is 4.79 Å². The average Bonchev–Trinajstić information content (AvgIpc) is 1.82. The molecule has 50 valence electrons. The Bertz CT molecular complexity index is 147. The molecule has 0 saturated carbocycles. The lowest BCUT2D eigenvalue weighted by Crippen LogP contribution is -2.16. The van der Waals surface area contributed by atoms with Crippen molar-refractivity contribution in [1.82, 2.24) is 5.32 Å². The molecule has 0 aliphatic rings. The number of rotatable bonds is 2. The lowest BCUT2D eigenvalue weighted by atomic mass is 10.3. The number of amides is 1. The van der Waals surface area contributed by atoms with Gasteiger partial charge in [-0.05, 0) is 20.0 Å². The molecule has 1 amide bonds. The highest BCUT2D eigenvalue weighted by molar-refractivity contribution is 5.92. The van der Waals surface area contributed by atoms with E-state index in [2.05, 4.69) is 11.9 Å². The molecule has 0 heterocycles. The minimum Gasteiger partial charge on any atom is -0.329 e. The van der Waals surface area contributed by atoms with Crippen LogP contribution < -0.4 is 5.32 Å². The molecule has 0 radical (unpaired) electrons. The van der Waals surface area contributed by atoms with Crippen LogP contribution in [0.4, 0.5) is 0 Å². The third-order valence-corrected chi connectivity index (χ3v) is 0.769. The summed E-state index contributed by atoms with van der Waals surface area (Å²) in [5, 5.41) is 2.51. The van der Waals surface area contributed by atoms with E-state index < -0.39 is 0 Å². The minimum atomic E-state index is -0.131. The summed E-state index contributed by atoms with van der Waals surface area (Å²) in [7, 11) is 0. The Morgan fingerprint density at radius 2 is 2.22 bits per heavy atom. The zero-order chi connectivity index (χ0) is 7.28. The zero-order valence-electron chi connectivity index (χ0n) is 5.77. The first-order valence-corrected chi connectivity index (χ1v) is 2.76. The quantitative estimate of drug-likeness (QED) is 0.552. The van der Waals surface area contributed by atoms with Crippen molar-refractivity contribution in [1.29, 1.82) is 0 Å². The van der Waals surface area contributed by atoms with Crippen LogP contribution in [-0.2, 0) is 4.79 Å². The summed E-state index contributed by atoms with van der Waals surface area (Å²) in [6.45, 7) is 6.96. The van der Waals surface area contributed by atoms with E-state index in [1.165, 1.54) is 0 Å². The predicted molar refractivity (Wildman–Crippen MR) is 37.8 cm³/mol. The monoisotopic (exact) mass is 125 g/mol. The van der Waals surface area contributed by atoms with Crippen molar-refractivity contribution in [3.8, 4) is 0 Å². The molecule has 0 saturated heterocycles. The molecule has 0 aromatic rings. The number of carbonyl (C=O) groups is 1. The van der Waals surface area contributed by atoms with E-state index in [0.717, 1.165) is 0 Å². The van der Waals surface area contributed by atoms with E-state index in [1.807, 2.05) is 6.92 Å². The molecular formula is C7H11NO. The summed E-state index contributed by atoms with van der Waals surface area (Å²) in [6.07, 6.45) is 3.33. The predicted octanol–water partition coefficient (Wildman–Crippen LogP) is 1.21. The smallest absolute Gasteiger partial charge is 0.250 e. The van der Waals surface area contributed by atoms with Crippen LogP contribution in [0.2, 0.25) is 0 Å². The lowest BCUT2D eigenvalue weighted by molar-refractivity contribution is -0.116. The maximum Gasteiger partial charge on any atom is 0.250 e. The second-order valence-corrected chi connectivity index (χ2v) is 1.75. The van der Waals surface area contributed by atoms with Crippen LogP contribution >= 0.6 is 0 Å². The van der Waals surface area contributed by atoms with Gasteiger partial charge < -0.3 is 5.32 Å². The molecule has 1 N–H and O–H groups in total. The number of allylic oxidation sites excluding steroid dienone is 1. The van der Waals surface area contributed by atoms with Crippen molar-refractivity contribution in [2.75, 3.05) is 0 Å². The maximum absolute atomic E-state index is 10.6. The van der Waals surface area contributed by atoms with Gasteiger partial charge in [-0.15, -0.1) is 0 Å². The van der Waals surface area contributed by atoms with Crippen LogP contribution in [0.5, 0.6) is 0 Å². The van der Waals surface area contributed by atoms with Crippen molar-refractivity contribution < 1.29 is 4.79 Å². The van der Waals surface area contributed by atoms with Gasteiger partial charge in [0.15, 0.2) is 0 Å². The second-order valence-electron chi connectivity index (χ2n) is 1.75. The molecule has 0 atom stereocenters. The first-order chi connectivity index (χ1) is 4.18. The molecule has 2 nitrogen and oxygen atoms in total. The minimum absolute atomic E-state index is 0.131. The van der Waals surface area contributed by atoms with Gasteiger partial charge in [0.2, 0.25) is 5.91 Å². The van der Waals surface area contributed by atoms with Crippen LogP contribution in [0.1, 0.15) is 13.8 Å². The highest BCUT2D eigenvalue weighted by atomic mass is 16.1. The van der Waals surface area contributed by atoms with Crippen LogP contribution in [-0.4, -0.2) is 5.91 Å². The fourth-order valence-corrected chi connectivity index (χ4v) is 0.282. The number of hydrogen-bond donors (Lipinski definition) is 1. The fraction of sp³-hybridized carbons (Fsp3) is 0.286. The molecular weight excluding hydrogens is 114 g/mol. The van der Waals surface area contributed by atoms with Gasteiger partial charge in [-0.1, -0.05) is 12.7 Å². The highest BCUT2D eigenvalue weighted by Crippen LogP contribution is 1.83. The van der Waals surface area contributed by atoms with Gasteiger partial charge in [0, 0.05) is 5.57 Å². The number of carbonyl (C=O) groups excluding carboxylic acids is 1. The van der Waals surface area contributed by atoms with E-state index in [0.29, 0.717) is 5.57 Å². The SMILES string of the molecule is C=C(C)C(=O)N/C=C/C. The molecule has 0 rings (SSSR count). The maximum atomic E-state index is 10.6. The Morgan fingerprint density at radius 1 is 1.67 bits per heavy atom. The van der Waals surface area contributed by atoms with Crippen LogP contribution in [0, 0.1) is 0 Å². The summed E-state index contributed by atoms with van der Waals surface area (Å²) in [6, 6.07) is 0. The Morgan fingerprint density at radius 3 is 2.56 bits per heavy atom. The molecule has 0 bridgehead atoms. The van der Waals surface area contributed by atoms with Gasteiger partial charge in [0.05, 0.1) is 0 Å². The summed E-state index contributed by atoms with van der Waals surface area (Å²) in [4.78, 5) is 10.6. The summed E-state index contributed by atoms with van der Waals surface area (Å²) in [5.41, 5.74) is 0.521. The molecule has 0 spiro atoms. The van der Waals surface area contributed by atoms with Gasteiger partial charge in [-0.3, -0.25) is 4.79 Å². The summed E-state index contributed by atoms with van der Waals surface area (Å²) < 4.78 is 0. The number of hydrogen-bond acceptors (Lipinski definition) is 1. The van der Waals surface area contributed by atoms with Crippen LogP contribution in [0.15, 0.2) is 24.4 Å². The normalized spacial score (nSPS) is 9.56. The van der Waals surface area contributed by atoms with Crippen molar-refractivity contribution in [2.45, 2.75) is 13.8 Å². The molecule has 0 unspecified atom stereocenters. The van der Waals surface area contributed by atoms with Crippen LogP contribution in [0.3, 0.4) is 0 Å². The van der Waals surface area contributed by atoms with Crippen molar-refractivity contribution in [3.63, 3.8) is 0 Å². The van der Waals surface area contributed by atoms with Gasteiger partial charge in [-0.2, -0.15) is 0 Å². The summed E-state index contributed by atoms with van der Waals surface area (Å²) >= 11 is 0. The molecule has 0 fully saturated rings. The Kier molecular flexibility index (Phi) is 3.44. The van der Waals surface area contributed by atoms with Crippen LogP contribution in [0.25, 0.3) is 0 Å². The number of nitrogens with one attached hydrogen (secondary N) is 1. The van der Waals surface area contributed by atoms with E-state index >= 15 is 0 Å². The highest BCUT2D eigenvalue weighted by Gasteiger charge is 1.94. The first-order valence-electron chi connectivity index (χ1n) is 2.76. The first kappa shape index (κ1) is 7.95. The third-order valence-electron chi connectivity index (χ3n) is 0.769. The third kappa shape index (κ3) is 3.53. The van der Waals surface area contributed by atoms with Crippen molar-refractivity contribution in [2.24, 2.45) is 0 Å². The fourth-order valence-electron chi connectivity index (χ4n) is 0.282. The van der Waals surface area contributed by atoms with Gasteiger partial charge >= 0.3 is 0 Å². The van der Waals surface area contributed by atoms with Crippen molar-refractivity contribution in [3.05, 3.63) is 24.4 Å².